The highest BCUT2D eigenvalue weighted by Crippen LogP contribution is 2.04. The third-order valence-electron chi connectivity index (χ3n) is 1.33. The van der Waals surface area contributed by atoms with Crippen molar-refractivity contribution < 1.29 is 0 Å². The predicted octanol–water partition coefficient (Wildman–Crippen LogP) is 2.57. The number of allylic oxidation sites excluding steroid dienone is 2. The van der Waals surface area contributed by atoms with E-state index < -0.39 is 0 Å². The van der Waals surface area contributed by atoms with E-state index in [-0.39, 0.29) is 0 Å². The summed E-state index contributed by atoms with van der Waals surface area (Å²) in [5.74, 6) is 5.53. The van der Waals surface area contributed by atoms with Gasteiger partial charge in [-0.15, -0.1) is 5.92 Å². The molecule has 0 spiro atoms. The average Bonchev–Trinajstić information content (AvgIpc) is 1.82. The van der Waals surface area contributed by atoms with E-state index in [4.69, 9.17) is 0 Å². The number of hydrogen-bond acceptors (Lipinski definition) is 0. The first-order chi connectivity index (χ1) is 4.18. The Labute approximate surface area is 58.0 Å². The van der Waals surface area contributed by atoms with Gasteiger partial charge < -0.3 is 0 Å². The lowest BCUT2D eigenvalue weighted by Gasteiger charge is -1.94. The molecule has 0 aliphatic rings. The van der Waals surface area contributed by atoms with Crippen LogP contribution in [-0.4, -0.2) is 0 Å². The highest BCUT2D eigenvalue weighted by Gasteiger charge is 1.85. The Bertz CT molecular complexity index is 158. The second-order valence-electron chi connectivity index (χ2n) is 2.31. The van der Waals surface area contributed by atoms with E-state index in [1.165, 1.54) is 11.1 Å². The van der Waals surface area contributed by atoms with E-state index in [1.54, 1.807) is 0 Å². The summed E-state index contributed by atoms with van der Waals surface area (Å²) >= 11 is 0. The Hall–Kier alpha value is -0.700. The normalized spacial score (nSPS) is 7.56. The Morgan fingerprint density at radius 1 is 1.33 bits per heavy atom. The third-order valence-corrected chi connectivity index (χ3v) is 1.33. The van der Waals surface area contributed by atoms with Crippen molar-refractivity contribution in [3.05, 3.63) is 18.1 Å². The van der Waals surface area contributed by atoms with Gasteiger partial charge in [0.2, 0.25) is 0 Å². The lowest BCUT2D eigenvalue weighted by Crippen LogP contribution is -1.76. The lowest BCUT2D eigenvalue weighted by molar-refractivity contribution is 1.16. The van der Waals surface area contributed by atoms with Crippen LogP contribution in [0.15, 0.2) is 11.1 Å². The molecular weight excluding hydrogens is 108 g/mol. The molecule has 0 aromatic rings. The Morgan fingerprint density at radius 3 is 2.22 bits per heavy atom. The topological polar surface area (TPSA) is 0 Å². The van der Waals surface area contributed by atoms with Crippen molar-refractivity contribution in [2.45, 2.75) is 27.2 Å². The second kappa shape index (κ2) is 4.21. The monoisotopic (exact) mass is 121 g/mol. The molecule has 0 N–H and O–H groups in total. The maximum Gasteiger partial charge on any atom is 0.0298 e. The van der Waals surface area contributed by atoms with Gasteiger partial charge in [-0.05, 0) is 20.8 Å². The van der Waals surface area contributed by atoms with E-state index in [2.05, 4.69) is 39.5 Å². The van der Waals surface area contributed by atoms with Gasteiger partial charge in [0.25, 0.3) is 0 Å². The van der Waals surface area contributed by atoms with Gasteiger partial charge >= 0.3 is 0 Å². The smallest absolute Gasteiger partial charge is 0.0298 e. The Morgan fingerprint density at radius 2 is 1.89 bits per heavy atom. The highest BCUT2D eigenvalue weighted by atomic mass is 13.9. The molecule has 0 bridgehead atoms. The van der Waals surface area contributed by atoms with Gasteiger partial charge in [-0.25, -0.2) is 0 Å². The van der Waals surface area contributed by atoms with Crippen molar-refractivity contribution in [3.8, 4) is 11.8 Å². The molecule has 0 heterocycles. The largest absolute Gasteiger partial charge is 0.102 e. The van der Waals surface area contributed by atoms with Gasteiger partial charge in [-0.2, -0.15) is 0 Å². The van der Waals surface area contributed by atoms with Crippen molar-refractivity contribution in [2.75, 3.05) is 0 Å². The lowest BCUT2D eigenvalue weighted by atomic mass is 10.1. The van der Waals surface area contributed by atoms with Gasteiger partial charge in [0.15, 0.2) is 0 Å². The van der Waals surface area contributed by atoms with Crippen LogP contribution in [0.2, 0.25) is 0 Å². The van der Waals surface area contributed by atoms with Crippen molar-refractivity contribution in [1.29, 1.82) is 0 Å². The van der Waals surface area contributed by atoms with Gasteiger partial charge in [-0.3, -0.25) is 0 Å². The molecule has 9 heavy (non-hydrogen) atoms. The first-order valence-electron chi connectivity index (χ1n) is 3.06. The van der Waals surface area contributed by atoms with E-state index in [1.807, 2.05) is 0 Å². The minimum Gasteiger partial charge on any atom is -0.102 e. The van der Waals surface area contributed by atoms with Gasteiger partial charge in [0.1, 0.15) is 0 Å². The van der Waals surface area contributed by atoms with Crippen LogP contribution in [0.25, 0.3) is 0 Å². The average molecular weight is 121 g/mol. The summed E-state index contributed by atoms with van der Waals surface area (Å²) in [6.07, 6.45) is 0.867. The standard InChI is InChI=1S/C9H13/c1-5-6-7-9(4)8(2)3/h1,7H2,2-4H3. The molecule has 0 fully saturated rings. The van der Waals surface area contributed by atoms with Gasteiger partial charge in [-0.1, -0.05) is 17.1 Å². The molecule has 0 aliphatic carbocycles. The molecule has 0 unspecified atom stereocenters. The molecule has 0 saturated carbocycles. The van der Waals surface area contributed by atoms with Crippen LogP contribution in [0.3, 0.4) is 0 Å². The van der Waals surface area contributed by atoms with Crippen molar-refractivity contribution in [1.82, 2.24) is 0 Å². The molecule has 49 valence electrons. The van der Waals surface area contributed by atoms with Crippen molar-refractivity contribution in [3.63, 3.8) is 0 Å². The first-order valence-corrected chi connectivity index (χ1v) is 3.06. The highest BCUT2D eigenvalue weighted by molar-refractivity contribution is 5.16. The number of hydrogen-bond donors (Lipinski definition) is 0. The van der Waals surface area contributed by atoms with Crippen LogP contribution in [0.1, 0.15) is 27.2 Å². The summed E-state index contributed by atoms with van der Waals surface area (Å²) in [7, 11) is 0. The van der Waals surface area contributed by atoms with Crippen molar-refractivity contribution >= 4 is 0 Å². The minimum atomic E-state index is 0.867. The number of rotatable bonds is 1. The summed E-state index contributed by atoms with van der Waals surface area (Å²) < 4.78 is 0. The summed E-state index contributed by atoms with van der Waals surface area (Å²) in [6, 6.07) is 0. The van der Waals surface area contributed by atoms with Crippen LogP contribution in [0, 0.1) is 18.8 Å². The maximum absolute atomic E-state index is 3.43. The zero-order valence-electron chi connectivity index (χ0n) is 6.41. The van der Waals surface area contributed by atoms with E-state index in [9.17, 15) is 0 Å². The molecule has 0 amide bonds. The maximum atomic E-state index is 3.43. The summed E-state index contributed by atoms with van der Waals surface area (Å²) in [5, 5.41) is 0. The molecule has 0 aromatic heterocycles. The zero-order chi connectivity index (χ0) is 7.28. The van der Waals surface area contributed by atoms with Gasteiger partial charge in [0.05, 0.1) is 0 Å². The van der Waals surface area contributed by atoms with Crippen LogP contribution < -0.4 is 0 Å². The molecule has 0 rings (SSSR count). The van der Waals surface area contributed by atoms with Gasteiger partial charge in [0, 0.05) is 13.3 Å². The molecule has 0 aliphatic heterocycles. The SMILES string of the molecule is [CH2]C#CCC(C)=C(C)C. The Balaban J connectivity index is 3.87. The van der Waals surface area contributed by atoms with E-state index in [0.29, 0.717) is 0 Å². The molecule has 1 radical (unpaired) electrons. The fourth-order valence-corrected chi connectivity index (χ4v) is 0.372. The van der Waals surface area contributed by atoms with E-state index >= 15 is 0 Å². The fraction of sp³-hybridized carbons (Fsp3) is 0.444. The quantitative estimate of drug-likeness (QED) is 0.369. The first kappa shape index (κ1) is 8.30. The third kappa shape index (κ3) is 3.85. The van der Waals surface area contributed by atoms with Crippen molar-refractivity contribution in [2.24, 2.45) is 0 Å². The van der Waals surface area contributed by atoms with Crippen LogP contribution in [-0.2, 0) is 0 Å². The minimum absolute atomic E-state index is 0.867. The van der Waals surface area contributed by atoms with Crippen LogP contribution >= 0.6 is 0 Å². The molecule has 0 heteroatoms. The van der Waals surface area contributed by atoms with Crippen LogP contribution in [0.5, 0.6) is 0 Å². The summed E-state index contributed by atoms with van der Waals surface area (Å²) in [5.41, 5.74) is 2.71. The van der Waals surface area contributed by atoms with Crippen LogP contribution in [0.4, 0.5) is 0 Å². The summed E-state index contributed by atoms with van der Waals surface area (Å²) in [4.78, 5) is 0. The molecule has 0 aromatic carbocycles. The molecule has 0 saturated heterocycles. The van der Waals surface area contributed by atoms with E-state index in [0.717, 1.165) is 6.42 Å². The molecule has 0 nitrogen and oxygen atoms in total. The Kier molecular flexibility index (Phi) is 3.88. The summed E-state index contributed by atoms with van der Waals surface area (Å²) in [6.45, 7) is 9.72. The predicted molar refractivity (Wildman–Crippen MR) is 41.8 cm³/mol. The second-order valence-corrected chi connectivity index (χ2v) is 2.31. The molecular formula is C9H13. The molecule has 0 atom stereocenters. The fourth-order valence-electron chi connectivity index (χ4n) is 0.372. The zero-order valence-corrected chi connectivity index (χ0v) is 6.41.